The van der Waals surface area contributed by atoms with Gasteiger partial charge in [-0.3, -0.25) is 0 Å². The molecule has 1 saturated heterocycles. The Hall–Kier alpha value is -1.11. The van der Waals surface area contributed by atoms with E-state index in [1.165, 1.54) is 5.56 Å². The van der Waals surface area contributed by atoms with Crippen LogP contribution in [-0.4, -0.2) is 87.4 Å². The summed E-state index contributed by atoms with van der Waals surface area (Å²) in [4.78, 5) is 6.90. The van der Waals surface area contributed by atoms with Gasteiger partial charge in [-0.1, -0.05) is 18.2 Å². The molecule has 2 aliphatic rings. The molecule has 3 rings (SSSR count). The van der Waals surface area contributed by atoms with E-state index in [-0.39, 0.29) is 48.5 Å². The van der Waals surface area contributed by atoms with Crippen LogP contribution in [0.2, 0.25) is 0 Å². The van der Waals surface area contributed by atoms with E-state index < -0.39 is 10.0 Å². The van der Waals surface area contributed by atoms with E-state index in [1.807, 2.05) is 39.0 Å². The Kier molecular flexibility index (Phi) is 10.3. The van der Waals surface area contributed by atoms with Crippen molar-refractivity contribution >= 4 is 40.0 Å². The third-order valence-corrected chi connectivity index (χ3v) is 7.05. The first-order chi connectivity index (χ1) is 14.4. The Morgan fingerprint density at radius 2 is 1.97 bits per heavy atom. The lowest BCUT2D eigenvalue weighted by Gasteiger charge is -2.36. The molecule has 0 amide bonds. The highest BCUT2D eigenvalue weighted by Gasteiger charge is 2.28. The van der Waals surface area contributed by atoms with E-state index in [4.69, 9.17) is 14.5 Å². The number of halogens is 1. The summed E-state index contributed by atoms with van der Waals surface area (Å²) in [6.07, 6.45) is 0.940. The van der Waals surface area contributed by atoms with Crippen molar-refractivity contribution in [2.75, 3.05) is 51.6 Å². The molecule has 0 saturated carbocycles. The van der Waals surface area contributed by atoms with Gasteiger partial charge in [0, 0.05) is 39.1 Å². The minimum absolute atomic E-state index is 0. The van der Waals surface area contributed by atoms with E-state index in [1.54, 1.807) is 4.31 Å². The van der Waals surface area contributed by atoms with E-state index in [0.29, 0.717) is 32.7 Å². The average molecular weight is 567 g/mol. The van der Waals surface area contributed by atoms with Crippen LogP contribution >= 0.6 is 24.0 Å². The minimum atomic E-state index is -3.30. The Labute approximate surface area is 203 Å². The highest BCUT2D eigenvalue weighted by molar-refractivity contribution is 14.0. The first-order valence-corrected chi connectivity index (χ1v) is 12.4. The Balaban J connectivity index is 0.00000341. The van der Waals surface area contributed by atoms with Crippen molar-refractivity contribution in [1.82, 2.24) is 14.5 Å². The van der Waals surface area contributed by atoms with Crippen molar-refractivity contribution in [3.8, 4) is 5.75 Å². The van der Waals surface area contributed by atoms with Gasteiger partial charge in [0.25, 0.3) is 0 Å². The molecule has 176 valence electrons. The van der Waals surface area contributed by atoms with Gasteiger partial charge in [0.1, 0.15) is 11.9 Å². The van der Waals surface area contributed by atoms with Crippen LogP contribution in [0.25, 0.3) is 0 Å². The number of guanidine groups is 1. The molecule has 2 aliphatic heterocycles. The van der Waals surface area contributed by atoms with Crippen LogP contribution in [0.5, 0.6) is 5.75 Å². The molecule has 2 heterocycles. The molecule has 0 bridgehead atoms. The lowest BCUT2D eigenvalue weighted by Crippen LogP contribution is -2.54. The fourth-order valence-electron chi connectivity index (χ4n) is 3.67. The van der Waals surface area contributed by atoms with Crippen molar-refractivity contribution < 1.29 is 17.9 Å². The van der Waals surface area contributed by atoms with Gasteiger partial charge in [0.15, 0.2) is 5.96 Å². The summed E-state index contributed by atoms with van der Waals surface area (Å²) in [5.74, 6) is 1.79. The van der Waals surface area contributed by atoms with Gasteiger partial charge in [0.05, 0.1) is 25.0 Å². The van der Waals surface area contributed by atoms with Crippen molar-refractivity contribution in [1.29, 1.82) is 0 Å². The highest BCUT2D eigenvalue weighted by atomic mass is 127. The zero-order chi connectivity index (χ0) is 21.6. The van der Waals surface area contributed by atoms with Crippen LogP contribution in [0, 0.1) is 0 Å². The van der Waals surface area contributed by atoms with Gasteiger partial charge in [0.2, 0.25) is 10.0 Å². The number of aliphatic imine (C=N–C) groups is 1. The SMILES string of the molecule is CCNC(=NCC1Cc2ccccc2O1)N1CCN(S(=O)(=O)CCOC(C)C)CC1.I. The Morgan fingerprint density at radius 1 is 1.26 bits per heavy atom. The van der Waals surface area contributed by atoms with E-state index in [2.05, 4.69) is 16.3 Å². The van der Waals surface area contributed by atoms with Crippen LogP contribution < -0.4 is 10.1 Å². The maximum Gasteiger partial charge on any atom is 0.216 e. The minimum Gasteiger partial charge on any atom is -0.488 e. The number of piperazine rings is 1. The summed E-state index contributed by atoms with van der Waals surface area (Å²) in [6, 6.07) is 8.10. The van der Waals surface area contributed by atoms with Crippen LogP contribution in [0.3, 0.4) is 0 Å². The second kappa shape index (κ2) is 12.2. The maximum absolute atomic E-state index is 12.5. The number of rotatable bonds is 8. The maximum atomic E-state index is 12.5. The smallest absolute Gasteiger partial charge is 0.216 e. The topological polar surface area (TPSA) is 83.5 Å². The number of sulfonamides is 1. The normalized spacial score (nSPS) is 19.7. The zero-order valence-electron chi connectivity index (χ0n) is 18.6. The summed E-state index contributed by atoms with van der Waals surface area (Å²) in [5, 5.41) is 3.33. The quantitative estimate of drug-likeness (QED) is 0.294. The molecule has 10 heteroatoms. The van der Waals surface area contributed by atoms with Crippen molar-refractivity contribution in [2.24, 2.45) is 4.99 Å². The summed E-state index contributed by atoms with van der Waals surface area (Å²) >= 11 is 0. The molecule has 0 radical (unpaired) electrons. The molecular formula is C21H35IN4O4S. The molecule has 0 aliphatic carbocycles. The van der Waals surface area contributed by atoms with Crippen LogP contribution in [-0.2, 0) is 21.2 Å². The van der Waals surface area contributed by atoms with Crippen molar-refractivity contribution in [2.45, 2.75) is 39.4 Å². The summed E-state index contributed by atoms with van der Waals surface area (Å²) in [5.41, 5.74) is 1.22. The average Bonchev–Trinajstić information content (AvgIpc) is 3.14. The number of benzene rings is 1. The van der Waals surface area contributed by atoms with Crippen LogP contribution in [0.4, 0.5) is 0 Å². The lowest BCUT2D eigenvalue weighted by molar-refractivity contribution is 0.0904. The molecule has 0 spiro atoms. The largest absolute Gasteiger partial charge is 0.488 e. The first kappa shape index (κ1) is 26.1. The Bertz CT molecular complexity index is 801. The predicted octanol–water partition coefficient (Wildman–Crippen LogP) is 1.95. The molecule has 1 N–H and O–H groups in total. The summed E-state index contributed by atoms with van der Waals surface area (Å²) in [7, 11) is -3.30. The van der Waals surface area contributed by atoms with Crippen molar-refractivity contribution in [3.05, 3.63) is 29.8 Å². The van der Waals surface area contributed by atoms with E-state index in [9.17, 15) is 8.42 Å². The lowest BCUT2D eigenvalue weighted by atomic mass is 10.1. The van der Waals surface area contributed by atoms with Gasteiger partial charge >= 0.3 is 0 Å². The highest BCUT2D eigenvalue weighted by Crippen LogP contribution is 2.28. The summed E-state index contributed by atoms with van der Waals surface area (Å²) in [6.45, 7) is 9.55. The van der Waals surface area contributed by atoms with Gasteiger partial charge < -0.3 is 19.7 Å². The fourth-order valence-corrected chi connectivity index (χ4v) is 4.95. The molecule has 1 aromatic rings. The second-order valence-corrected chi connectivity index (χ2v) is 9.96. The van der Waals surface area contributed by atoms with Crippen LogP contribution in [0.1, 0.15) is 26.3 Å². The van der Waals surface area contributed by atoms with Gasteiger partial charge in [-0.2, -0.15) is 4.31 Å². The third-order valence-electron chi connectivity index (χ3n) is 5.22. The number of para-hydroxylation sites is 1. The molecule has 31 heavy (non-hydrogen) atoms. The predicted molar refractivity (Wildman–Crippen MR) is 134 cm³/mol. The van der Waals surface area contributed by atoms with Crippen molar-refractivity contribution in [3.63, 3.8) is 0 Å². The number of fused-ring (bicyclic) bond motifs is 1. The first-order valence-electron chi connectivity index (χ1n) is 10.8. The van der Waals surface area contributed by atoms with Gasteiger partial charge in [-0.05, 0) is 32.4 Å². The molecule has 1 fully saturated rings. The van der Waals surface area contributed by atoms with Crippen LogP contribution in [0.15, 0.2) is 29.3 Å². The van der Waals surface area contributed by atoms with E-state index >= 15 is 0 Å². The molecular weight excluding hydrogens is 531 g/mol. The molecule has 1 unspecified atom stereocenters. The number of nitrogens with zero attached hydrogens (tertiary/aromatic N) is 3. The molecule has 1 atom stereocenters. The molecule has 1 aromatic carbocycles. The number of nitrogens with one attached hydrogen (secondary N) is 1. The fraction of sp³-hybridized carbons (Fsp3) is 0.667. The third kappa shape index (κ3) is 7.47. The zero-order valence-corrected chi connectivity index (χ0v) is 21.8. The Morgan fingerprint density at radius 3 is 2.61 bits per heavy atom. The van der Waals surface area contributed by atoms with Gasteiger partial charge in [-0.25, -0.2) is 13.4 Å². The van der Waals surface area contributed by atoms with E-state index in [0.717, 1.165) is 24.7 Å². The standard InChI is InChI=1S/C21H34N4O4S.HI/c1-4-22-21(23-16-19-15-18-7-5-6-8-20(18)29-19)24-9-11-25(12-10-24)30(26,27)14-13-28-17(2)3;/h5-8,17,19H,4,9-16H2,1-3H3,(H,22,23);1H. The number of hydrogen-bond acceptors (Lipinski definition) is 5. The van der Waals surface area contributed by atoms with Gasteiger partial charge in [-0.15, -0.1) is 24.0 Å². The summed E-state index contributed by atoms with van der Waals surface area (Å²) < 4.78 is 38.0. The monoisotopic (exact) mass is 566 g/mol. The molecule has 0 aromatic heterocycles. The second-order valence-electron chi connectivity index (χ2n) is 7.87. The number of ether oxygens (including phenoxy) is 2. The molecule has 8 nitrogen and oxygen atoms in total. The number of hydrogen-bond donors (Lipinski definition) is 1.